The molecule has 2 amide bonds. The van der Waals surface area contributed by atoms with Gasteiger partial charge in [-0.2, -0.15) is 0 Å². The molecular weight excluding hydrogens is 406 g/mol. The van der Waals surface area contributed by atoms with Crippen molar-refractivity contribution in [2.24, 2.45) is 5.92 Å². The molecule has 7 nitrogen and oxygen atoms in total. The van der Waals surface area contributed by atoms with Crippen LogP contribution in [0, 0.1) is 5.92 Å². The van der Waals surface area contributed by atoms with E-state index in [0.717, 1.165) is 28.6 Å². The van der Waals surface area contributed by atoms with Gasteiger partial charge in [-0.1, -0.05) is 32.0 Å². The lowest BCUT2D eigenvalue weighted by molar-refractivity contribution is -0.157. The minimum atomic E-state index is -0.716. The number of fused-ring (bicyclic) bond motifs is 4. The molecule has 2 aliphatic heterocycles. The molecule has 2 N–H and O–H groups in total. The van der Waals surface area contributed by atoms with Crippen molar-refractivity contribution in [3.8, 4) is 0 Å². The molecule has 0 spiro atoms. The summed E-state index contributed by atoms with van der Waals surface area (Å²) in [7, 11) is 0. The predicted molar refractivity (Wildman–Crippen MR) is 122 cm³/mol. The molecule has 0 bridgehead atoms. The van der Waals surface area contributed by atoms with Gasteiger partial charge in [0.05, 0.1) is 6.04 Å². The van der Waals surface area contributed by atoms with E-state index in [9.17, 15) is 14.4 Å². The fourth-order valence-electron chi connectivity index (χ4n) is 4.94. The maximum atomic E-state index is 13.6. The van der Waals surface area contributed by atoms with Gasteiger partial charge in [0.2, 0.25) is 11.8 Å². The SMILES string of the molecule is CC(C)C[C@@H]1c2[nH]c3ccccc3c2C[C@H]2C(=O)NC(CCC(=O)OC(C)(C)C)C(=O)N12. The van der Waals surface area contributed by atoms with Gasteiger partial charge in [-0.3, -0.25) is 14.4 Å². The highest BCUT2D eigenvalue weighted by molar-refractivity contribution is 5.99. The molecule has 0 aliphatic carbocycles. The van der Waals surface area contributed by atoms with Crippen LogP contribution in [0.3, 0.4) is 0 Å². The Hall–Kier alpha value is -2.83. The van der Waals surface area contributed by atoms with Crippen LogP contribution in [0.5, 0.6) is 0 Å². The number of aromatic amines is 1. The molecule has 1 aromatic heterocycles. The number of nitrogens with zero attached hydrogens (tertiary/aromatic N) is 1. The van der Waals surface area contributed by atoms with Crippen molar-refractivity contribution >= 4 is 28.7 Å². The Balaban J connectivity index is 1.63. The van der Waals surface area contributed by atoms with Gasteiger partial charge in [0.25, 0.3) is 0 Å². The van der Waals surface area contributed by atoms with Crippen molar-refractivity contribution < 1.29 is 19.1 Å². The van der Waals surface area contributed by atoms with Crippen LogP contribution in [0.2, 0.25) is 0 Å². The Morgan fingerprint density at radius 3 is 2.62 bits per heavy atom. The van der Waals surface area contributed by atoms with Gasteiger partial charge in [0.1, 0.15) is 17.7 Å². The maximum absolute atomic E-state index is 13.6. The summed E-state index contributed by atoms with van der Waals surface area (Å²) in [5.74, 6) is -0.287. The van der Waals surface area contributed by atoms with Gasteiger partial charge in [0.15, 0.2) is 0 Å². The Morgan fingerprint density at radius 2 is 1.94 bits per heavy atom. The molecule has 3 heterocycles. The van der Waals surface area contributed by atoms with Crippen LogP contribution in [-0.2, 0) is 25.5 Å². The normalized spacial score (nSPS) is 23.2. The summed E-state index contributed by atoms with van der Waals surface area (Å²) in [6.45, 7) is 9.68. The second-order valence-electron chi connectivity index (χ2n) is 10.4. The first kappa shape index (κ1) is 22.4. The summed E-state index contributed by atoms with van der Waals surface area (Å²) < 4.78 is 5.37. The van der Waals surface area contributed by atoms with E-state index in [1.807, 2.05) is 39.0 Å². The van der Waals surface area contributed by atoms with E-state index in [0.29, 0.717) is 12.3 Å². The highest BCUT2D eigenvalue weighted by Crippen LogP contribution is 2.41. The quantitative estimate of drug-likeness (QED) is 0.696. The molecule has 3 atom stereocenters. The Labute approximate surface area is 188 Å². The van der Waals surface area contributed by atoms with E-state index in [4.69, 9.17) is 4.74 Å². The van der Waals surface area contributed by atoms with Gasteiger partial charge < -0.3 is 19.9 Å². The molecule has 4 rings (SSSR count). The van der Waals surface area contributed by atoms with Crippen LogP contribution in [-0.4, -0.2) is 45.4 Å². The summed E-state index contributed by atoms with van der Waals surface area (Å²) >= 11 is 0. The average molecular weight is 440 g/mol. The van der Waals surface area contributed by atoms with Crippen LogP contribution in [0.25, 0.3) is 10.9 Å². The highest BCUT2D eigenvalue weighted by Gasteiger charge is 2.48. The summed E-state index contributed by atoms with van der Waals surface area (Å²) in [4.78, 5) is 44.2. The van der Waals surface area contributed by atoms with Crippen molar-refractivity contribution in [2.75, 3.05) is 0 Å². The van der Waals surface area contributed by atoms with Crippen molar-refractivity contribution in [3.05, 3.63) is 35.5 Å². The number of hydrogen-bond donors (Lipinski definition) is 2. The largest absolute Gasteiger partial charge is 0.460 e. The second-order valence-corrected chi connectivity index (χ2v) is 10.4. The molecule has 2 aromatic rings. The number of amides is 2. The summed E-state index contributed by atoms with van der Waals surface area (Å²) in [6.07, 6.45) is 1.56. The van der Waals surface area contributed by atoms with E-state index < -0.39 is 17.7 Å². The lowest BCUT2D eigenvalue weighted by Gasteiger charge is -2.46. The third-order valence-electron chi connectivity index (χ3n) is 6.17. The van der Waals surface area contributed by atoms with Crippen molar-refractivity contribution in [3.63, 3.8) is 0 Å². The standard InChI is InChI=1S/C25H33N3O4/c1-14(2)12-19-22-16(15-8-6-7-9-17(15)26-22)13-20-23(30)27-18(24(31)28(19)20)10-11-21(29)32-25(3,4)5/h6-9,14,18-20,26H,10-13H2,1-5H3,(H,27,30)/t18?,19-,20+/m1/s1. The van der Waals surface area contributed by atoms with Gasteiger partial charge in [0, 0.05) is 29.4 Å². The third-order valence-corrected chi connectivity index (χ3v) is 6.17. The monoisotopic (exact) mass is 439 g/mol. The molecule has 0 radical (unpaired) electrons. The number of ether oxygens (including phenoxy) is 1. The van der Waals surface area contributed by atoms with E-state index in [-0.39, 0.29) is 36.7 Å². The number of para-hydroxylation sites is 1. The lowest BCUT2D eigenvalue weighted by Crippen LogP contribution is -2.66. The molecule has 1 aromatic carbocycles. The number of carbonyl (C=O) groups is 3. The molecule has 1 unspecified atom stereocenters. The molecular formula is C25H33N3O4. The number of rotatable bonds is 5. The number of hydrogen-bond acceptors (Lipinski definition) is 4. The molecule has 1 fully saturated rings. The van der Waals surface area contributed by atoms with Crippen molar-refractivity contribution in [1.82, 2.24) is 15.2 Å². The smallest absolute Gasteiger partial charge is 0.306 e. The van der Waals surface area contributed by atoms with Gasteiger partial charge in [-0.25, -0.2) is 0 Å². The first-order chi connectivity index (χ1) is 15.0. The molecule has 0 saturated carbocycles. The van der Waals surface area contributed by atoms with Crippen LogP contribution in [0.15, 0.2) is 24.3 Å². The van der Waals surface area contributed by atoms with E-state index in [2.05, 4.69) is 30.2 Å². The first-order valence-electron chi connectivity index (χ1n) is 11.5. The second kappa shape index (κ2) is 8.26. The number of aromatic nitrogens is 1. The summed E-state index contributed by atoms with van der Waals surface area (Å²) in [5.41, 5.74) is 2.61. The topological polar surface area (TPSA) is 91.5 Å². The van der Waals surface area contributed by atoms with Gasteiger partial charge >= 0.3 is 5.97 Å². The van der Waals surface area contributed by atoms with Crippen LogP contribution < -0.4 is 5.32 Å². The highest BCUT2D eigenvalue weighted by atomic mass is 16.6. The molecule has 32 heavy (non-hydrogen) atoms. The molecule has 2 aliphatic rings. The van der Waals surface area contributed by atoms with Crippen LogP contribution >= 0.6 is 0 Å². The van der Waals surface area contributed by atoms with E-state index >= 15 is 0 Å². The van der Waals surface area contributed by atoms with Crippen molar-refractivity contribution in [1.29, 1.82) is 0 Å². The van der Waals surface area contributed by atoms with Crippen LogP contribution in [0.4, 0.5) is 0 Å². The number of carbonyl (C=O) groups excluding carboxylic acids is 3. The summed E-state index contributed by atoms with van der Waals surface area (Å²) in [5, 5.41) is 3.99. The minimum Gasteiger partial charge on any atom is -0.460 e. The zero-order valence-electron chi connectivity index (χ0n) is 19.5. The zero-order chi connectivity index (χ0) is 23.2. The Bertz CT molecular complexity index is 1050. The zero-order valence-corrected chi connectivity index (χ0v) is 19.5. The minimum absolute atomic E-state index is 0.0823. The number of nitrogens with one attached hydrogen (secondary N) is 2. The first-order valence-corrected chi connectivity index (χ1v) is 11.5. The van der Waals surface area contributed by atoms with Crippen molar-refractivity contribution in [2.45, 2.75) is 84.0 Å². The maximum Gasteiger partial charge on any atom is 0.306 e. The molecule has 172 valence electrons. The lowest BCUT2D eigenvalue weighted by atomic mass is 9.85. The number of esters is 1. The average Bonchev–Trinajstić information content (AvgIpc) is 3.06. The number of benzene rings is 1. The fourth-order valence-corrected chi connectivity index (χ4v) is 4.94. The fraction of sp³-hybridized carbons (Fsp3) is 0.560. The number of H-pyrrole nitrogens is 1. The summed E-state index contributed by atoms with van der Waals surface area (Å²) in [6, 6.07) is 6.64. The Morgan fingerprint density at radius 1 is 1.22 bits per heavy atom. The number of piperazine rings is 1. The third kappa shape index (κ3) is 4.25. The van der Waals surface area contributed by atoms with Gasteiger partial charge in [-0.05, 0) is 51.2 Å². The van der Waals surface area contributed by atoms with E-state index in [1.54, 1.807) is 4.90 Å². The molecule has 7 heteroatoms. The van der Waals surface area contributed by atoms with Gasteiger partial charge in [-0.15, -0.1) is 0 Å². The van der Waals surface area contributed by atoms with Crippen LogP contribution in [0.1, 0.15) is 71.2 Å². The Kier molecular flexibility index (Phi) is 5.77. The molecule has 1 saturated heterocycles. The predicted octanol–water partition coefficient (Wildman–Crippen LogP) is 3.63. The van der Waals surface area contributed by atoms with E-state index in [1.165, 1.54) is 0 Å².